The van der Waals surface area contributed by atoms with Gasteiger partial charge in [-0.1, -0.05) is 34.8 Å². The molecule has 0 heterocycles. The van der Waals surface area contributed by atoms with E-state index in [0.29, 0.717) is 6.04 Å². The van der Waals surface area contributed by atoms with Gasteiger partial charge in [0, 0.05) is 10.5 Å². The maximum absolute atomic E-state index is 5.76. The number of hydrogen-bond donors (Lipinski definition) is 1. The quantitative estimate of drug-likeness (QED) is 0.860. The van der Waals surface area contributed by atoms with Gasteiger partial charge in [0.15, 0.2) is 0 Å². The van der Waals surface area contributed by atoms with Crippen LogP contribution < -0.4 is 10.1 Å². The van der Waals surface area contributed by atoms with Crippen LogP contribution in [0.3, 0.4) is 0 Å². The van der Waals surface area contributed by atoms with Gasteiger partial charge in [0.25, 0.3) is 0 Å². The molecule has 0 spiro atoms. The van der Waals surface area contributed by atoms with Gasteiger partial charge in [0.1, 0.15) is 5.75 Å². The lowest BCUT2D eigenvalue weighted by atomic mass is 10.1. The van der Waals surface area contributed by atoms with Crippen molar-refractivity contribution in [2.45, 2.75) is 32.2 Å². The number of benzene rings is 1. The molecule has 0 aromatic heterocycles. The highest BCUT2D eigenvalue weighted by Crippen LogP contribution is 2.33. The third kappa shape index (κ3) is 3.71. The molecule has 1 N–H and O–H groups in total. The fourth-order valence-corrected chi connectivity index (χ4v) is 2.56. The maximum atomic E-state index is 5.76. The monoisotopic (exact) mass is 297 g/mol. The Morgan fingerprint density at radius 1 is 1.47 bits per heavy atom. The zero-order valence-electron chi connectivity index (χ0n) is 10.5. The van der Waals surface area contributed by atoms with Crippen molar-refractivity contribution in [3.63, 3.8) is 0 Å². The van der Waals surface area contributed by atoms with Crippen molar-refractivity contribution >= 4 is 15.9 Å². The van der Waals surface area contributed by atoms with Crippen LogP contribution >= 0.6 is 15.9 Å². The fraction of sp³-hybridized carbons (Fsp3) is 0.571. The van der Waals surface area contributed by atoms with Gasteiger partial charge in [-0.25, -0.2) is 0 Å². The normalized spacial score (nSPS) is 16.9. The lowest BCUT2D eigenvalue weighted by Gasteiger charge is -2.14. The van der Waals surface area contributed by atoms with E-state index in [1.54, 1.807) is 0 Å². The summed E-state index contributed by atoms with van der Waals surface area (Å²) in [5, 5.41) is 3.24. The summed E-state index contributed by atoms with van der Waals surface area (Å²) in [6.07, 6.45) is 3.99. The van der Waals surface area contributed by atoms with E-state index in [1.807, 2.05) is 7.05 Å². The molecule has 17 heavy (non-hydrogen) atoms. The molecule has 0 aliphatic heterocycles. The van der Waals surface area contributed by atoms with Crippen molar-refractivity contribution in [1.82, 2.24) is 5.32 Å². The highest BCUT2D eigenvalue weighted by Gasteiger charge is 2.20. The van der Waals surface area contributed by atoms with Gasteiger partial charge in [-0.3, -0.25) is 0 Å². The number of rotatable bonds is 6. The Morgan fingerprint density at radius 3 is 2.82 bits per heavy atom. The molecule has 0 radical (unpaired) electrons. The highest BCUT2D eigenvalue weighted by molar-refractivity contribution is 9.10. The van der Waals surface area contributed by atoms with Crippen LogP contribution in [0.4, 0.5) is 0 Å². The Labute approximate surface area is 112 Å². The summed E-state index contributed by atoms with van der Waals surface area (Å²) in [5.41, 5.74) is 1.27. The molecule has 1 unspecified atom stereocenters. The van der Waals surface area contributed by atoms with Crippen LogP contribution in [0.15, 0.2) is 22.7 Å². The van der Waals surface area contributed by atoms with Crippen molar-refractivity contribution < 1.29 is 4.74 Å². The number of hydrogen-bond acceptors (Lipinski definition) is 2. The average molecular weight is 298 g/mol. The van der Waals surface area contributed by atoms with E-state index in [-0.39, 0.29) is 0 Å². The summed E-state index contributed by atoms with van der Waals surface area (Å²) in [6, 6.07) is 6.60. The van der Waals surface area contributed by atoms with E-state index in [4.69, 9.17) is 4.74 Å². The summed E-state index contributed by atoms with van der Waals surface area (Å²) >= 11 is 3.60. The molecule has 1 fully saturated rings. The van der Waals surface area contributed by atoms with Gasteiger partial charge in [-0.2, -0.15) is 0 Å². The van der Waals surface area contributed by atoms with Crippen molar-refractivity contribution in [3.8, 4) is 5.75 Å². The molecule has 3 heteroatoms. The van der Waals surface area contributed by atoms with Gasteiger partial charge in [-0.15, -0.1) is 0 Å². The van der Waals surface area contributed by atoms with Crippen molar-refractivity contribution in [2.75, 3.05) is 13.7 Å². The molecule has 1 aromatic rings. The van der Waals surface area contributed by atoms with Gasteiger partial charge >= 0.3 is 0 Å². The van der Waals surface area contributed by atoms with Gasteiger partial charge in [0.05, 0.1) is 6.61 Å². The second kappa shape index (κ2) is 5.87. The van der Waals surface area contributed by atoms with Crippen LogP contribution in [0.25, 0.3) is 0 Å². The van der Waals surface area contributed by atoms with Crippen LogP contribution in [0, 0.1) is 5.92 Å². The minimum Gasteiger partial charge on any atom is -0.494 e. The second-order valence-corrected chi connectivity index (χ2v) is 5.63. The van der Waals surface area contributed by atoms with Crippen LogP contribution in [0.5, 0.6) is 5.75 Å². The molecule has 1 aromatic carbocycles. The molecule has 0 amide bonds. The lowest BCUT2D eigenvalue weighted by molar-refractivity contribution is 0.302. The minimum atomic E-state index is 0.352. The predicted molar refractivity (Wildman–Crippen MR) is 74.5 cm³/mol. The summed E-state index contributed by atoms with van der Waals surface area (Å²) < 4.78 is 6.87. The Bertz CT molecular complexity index is 376. The van der Waals surface area contributed by atoms with Gasteiger partial charge in [-0.05, 0) is 44.0 Å². The molecule has 2 rings (SSSR count). The topological polar surface area (TPSA) is 21.3 Å². The molecule has 1 aliphatic rings. The van der Waals surface area contributed by atoms with Gasteiger partial charge in [0.2, 0.25) is 0 Å². The molecule has 1 aliphatic carbocycles. The zero-order valence-corrected chi connectivity index (χ0v) is 12.1. The standard InChI is InChI=1S/C14H20BrNO/c1-10(16-2)13-6-5-12(9-14(13)15)17-8-7-11-3-4-11/h5-6,9-11,16H,3-4,7-8H2,1-2H3. The lowest BCUT2D eigenvalue weighted by Crippen LogP contribution is -2.12. The molecular formula is C14H20BrNO. The van der Waals surface area contributed by atoms with E-state index in [9.17, 15) is 0 Å². The minimum absolute atomic E-state index is 0.352. The molecule has 1 atom stereocenters. The van der Waals surface area contributed by atoms with Crippen molar-refractivity contribution in [3.05, 3.63) is 28.2 Å². The van der Waals surface area contributed by atoms with Crippen LogP contribution in [0.2, 0.25) is 0 Å². The van der Waals surface area contributed by atoms with Gasteiger partial charge < -0.3 is 10.1 Å². The highest BCUT2D eigenvalue weighted by atomic mass is 79.9. The Kier molecular flexibility index (Phi) is 4.46. The maximum Gasteiger partial charge on any atom is 0.120 e. The summed E-state index contributed by atoms with van der Waals surface area (Å²) in [6.45, 7) is 2.99. The molecule has 0 saturated heterocycles. The predicted octanol–water partition coefficient (Wildman–Crippen LogP) is 3.91. The molecule has 94 valence electrons. The molecule has 1 saturated carbocycles. The number of ether oxygens (including phenoxy) is 1. The molecular weight excluding hydrogens is 278 g/mol. The molecule has 2 nitrogen and oxygen atoms in total. The van der Waals surface area contributed by atoms with Crippen molar-refractivity contribution in [2.24, 2.45) is 5.92 Å². The second-order valence-electron chi connectivity index (χ2n) is 4.77. The summed E-state index contributed by atoms with van der Waals surface area (Å²) in [5.74, 6) is 1.90. The Hall–Kier alpha value is -0.540. The SMILES string of the molecule is CNC(C)c1ccc(OCCC2CC2)cc1Br. The number of halogens is 1. The zero-order chi connectivity index (χ0) is 12.3. The van der Waals surface area contributed by atoms with Crippen LogP contribution in [0.1, 0.15) is 37.8 Å². The Morgan fingerprint density at radius 2 is 2.24 bits per heavy atom. The molecule has 0 bridgehead atoms. The van der Waals surface area contributed by atoms with E-state index >= 15 is 0 Å². The summed E-state index contributed by atoms with van der Waals surface area (Å²) in [4.78, 5) is 0. The Balaban J connectivity index is 1.92. The fourth-order valence-electron chi connectivity index (χ4n) is 1.85. The largest absolute Gasteiger partial charge is 0.494 e. The third-order valence-corrected chi connectivity index (χ3v) is 4.05. The van der Waals surface area contributed by atoms with E-state index in [1.165, 1.54) is 24.8 Å². The first-order valence-electron chi connectivity index (χ1n) is 6.30. The van der Waals surface area contributed by atoms with Crippen molar-refractivity contribution in [1.29, 1.82) is 0 Å². The van der Waals surface area contributed by atoms with E-state index in [0.717, 1.165) is 22.7 Å². The first-order valence-corrected chi connectivity index (χ1v) is 7.09. The third-order valence-electron chi connectivity index (χ3n) is 3.36. The first kappa shape index (κ1) is 12.9. The van der Waals surface area contributed by atoms with Crippen LogP contribution in [-0.2, 0) is 0 Å². The first-order chi connectivity index (χ1) is 8.20. The number of nitrogens with one attached hydrogen (secondary N) is 1. The summed E-state index contributed by atoms with van der Waals surface area (Å²) in [7, 11) is 1.97. The van der Waals surface area contributed by atoms with E-state index < -0.39 is 0 Å². The van der Waals surface area contributed by atoms with Crippen LogP contribution in [-0.4, -0.2) is 13.7 Å². The van der Waals surface area contributed by atoms with E-state index in [2.05, 4.69) is 46.4 Å². The average Bonchev–Trinajstić information content (AvgIpc) is 3.12. The smallest absolute Gasteiger partial charge is 0.120 e.